The molecular formula is C27H28N8O4. The van der Waals surface area contributed by atoms with E-state index in [1.807, 2.05) is 13.8 Å². The predicted molar refractivity (Wildman–Crippen MR) is 142 cm³/mol. The number of rotatable bonds is 12. The van der Waals surface area contributed by atoms with E-state index in [4.69, 9.17) is 14.2 Å². The van der Waals surface area contributed by atoms with E-state index in [1.54, 1.807) is 53.5 Å². The Morgan fingerprint density at radius 2 is 1.95 bits per heavy atom. The first-order valence-electron chi connectivity index (χ1n) is 12.4. The fraction of sp³-hybridized carbons (Fsp3) is 0.296. The van der Waals surface area contributed by atoms with Crippen molar-refractivity contribution in [1.82, 2.24) is 30.2 Å². The van der Waals surface area contributed by atoms with Gasteiger partial charge in [0.25, 0.3) is 0 Å². The number of benzene rings is 2. The molecule has 1 atom stereocenters. The summed E-state index contributed by atoms with van der Waals surface area (Å²) in [7, 11) is 1.54. The molecule has 4 rings (SSSR count). The molecule has 2 heterocycles. The van der Waals surface area contributed by atoms with Crippen molar-refractivity contribution in [3.05, 3.63) is 66.2 Å². The quantitative estimate of drug-likeness (QED) is 0.208. The summed E-state index contributed by atoms with van der Waals surface area (Å²) in [5.74, 6) is 0.868. The molecule has 0 aliphatic heterocycles. The summed E-state index contributed by atoms with van der Waals surface area (Å²) >= 11 is 0. The maximum Gasteiger partial charge on any atom is 0.338 e. The smallest absolute Gasteiger partial charge is 0.338 e. The normalized spacial score (nSPS) is 11.3. The Morgan fingerprint density at radius 1 is 1.13 bits per heavy atom. The van der Waals surface area contributed by atoms with Crippen molar-refractivity contribution < 1.29 is 19.0 Å². The second kappa shape index (κ2) is 13.0. The van der Waals surface area contributed by atoms with Gasteiger partial charge in [0.15, 0.2) is 0 Å². The first-order chi connectivity index (χ1) is 19.0. The third-order valence-electron chi connectivity index (χ3n) is 5.66. The molecule has 12 heteroatoms. The van der Waals surface area contributed by atoms with Gasteiger partial charge in [0, 0.05) is 18.0 Å². The Bertz CT molecular complexity index is 1440. The average Bonchev–Trinajstić information content (AvgIpc) is 3.46. The summed E-state index contributed by atoms with van der Waals surface area (Å²) in [6.07, 6.45) is 6.27. The summed E-state index contributed by atoms with van der Waals surface area (Å²) in [4.78, 5) is 21.2. The minimum absolute atomic E-state index is 0.284. The first-order valence-corrected chi connectivity index (χ1v) is 12.4. The van der Waals surface area contributed by atoms with Crippen LogP contribution in [-0.2, 0) is 11.3 Å². The molecule has 0 bridgehead atoms. The lowest BCUT2D eigenvalue weighted by Gasteiger charge is -2.16. The fourth-order valence-corrected chi connectivity index (χ4v) is 3.66. The van der Waals surface area contributed by atoms with E-state index in [2.05, 4.69) is 36.9 Å². The molecule has 1 N–H and O–H groups in total. The second-order valence-corrected chi connectivity index (χ2v) is 8.61. The molecule has 2 aromatic carbocycles. The van der Waals surface area contributed by atoms with Gasteiger partial charge in [-0.2, -0.15) is 5.26 Å². The Balaban J connectivity index is 1.49. The molecule has 0 aliphatic carbocycles. The molecular weight excluding hydrogens is 500 g/mol. The lowest BCUT2D eigenvalue weighted by molar-refractivity contribution is 0.0499. The van der Waals surface area contributed by atoms with Crippen LogP contribution in [0.25, 0.3) is 11.1 Å². The van der Waals surface area contributed by atoms with Crippen molar-refractivity contribution in [1.29, 1.82) is 5.26 Å². The van der Waals surface area contributed by atoms with Gasteiger partial charge in [0.05, 0.1) is 37.1 Å². The summed E-state index contributed by atoms with van der Waals surface area (Å²) < 4.78 is 18.3. The van der Waals surface area contributed by atoms with Gasteiger partial charge in [-0.05, 0) is 59.7 Å². The highest BCUT2D eigenvalue weighted by Crippen LogP contribution is 2.30. The number of nitrogens with one attached hydrogen (secondary N) is 1. The molecule has 0 saturated carbocycles. The summed E-state index contributed by atoms with van der Waals surface area (Å²) in [6.45, 7) is 4.69. The minimum atomic E-state index is -0.406. The van der Waals surface area contributed by atoms with E-state index in [0.717, 1.165) is 24.0 Å². The molecule has 200 valence electrons. The summed E-state index contributed by atoms with van der Waals surface area (Å²) in [6, 6.07) is 12.4. The molecule has 0 radical (unpaired) electrons. The fourth-order valence-electron chi connectivity index (χ4n) is 3.66. The van der Waals surface area contributed by atoms with Crippen molar-refractivity contribution in [2.24, 2.45) is 0 Å². The Morgan fingerprint density at radius 3 is 2.64 bits per heavy atom. The van der Waals surface area contributed by atoms with E-state index in [9.17, 15) is 10.1 Å². The number of ether oxygens (including phenoxy) is 3. The van der Waals surface area contributed by atoms with Crippen molar-refractivity contribution in [2.75, 3.05) is 19.0 Å². The van der Waals surface area contributed by atoms with Crippen LogP contribution in [0.2, 0.25) is 0 Å². The van der Waals surface area contributed by atoms with Crippen molar-refractivity contribution >= 4 is 17.6 Å². The number of hydrogen-bond donors (Lipinski definition) is 1. The highest BCUT2D eigenvalue weighted by atomic mass is 16.5. The largest absolute Gasteiger partial charge is 0.495 e. The minimum Gasteiger partial charge on any atom is -0.495 e. The maximum atomic E-state index is 12.4. The van der Waals surface area contributed by atoms with Crippen LogP contribution in [0.15, 0.2) is 55.1 Å². The SMILES string of the molecule is CCCCOC(=O)c1ccc(OC)c(Nc2ncc(-c3ccc(C#N)c(O[C@@H](C)Cn4cnnn4)c3)cn2)c1. The molecule has 0 fully saturated rings. The molecule has 2 aromatic heterocycles. The highest BCUT2D eigenvalue weighted by molar-refractivity contribution is 5.91. The van der Waals surface area contributed by atoms with Gasteiger partial charge in [-0.15, -0.1) is 5.10 Å². The Hall–Kier alpha value is -5.05. The van der Waals surface area contributed by atoms with Crippen LogP contribution < -0.4 is 14.8 Å². The number of carbonyl (C=O) groups excluding carboxylic acids is 1. The van der Waals surface area contributed by atoms with Gasteiger partial charge in [0.1, 0.15) is 30.0 Å². The van der Waals surface area contributed by atoms with Crippen LogP contribution in [0.4, 0.5) is 11.6 Å². The molecule has 39 heavy (non-hydrogen) atoms. The molecule has 4 aromatic rings. The summed E-state index contributed by atoms with van der Waals surface area (Å²) in [5, 5.41) is 23.7. The van der Waals surface area contributed by atoms with E-state index in [1.165, 1.54) is 13.4 Å². The lowest BCUT2D eigenvalue weighted by atomic mass is 10.1. The number of tetrazole rings is 1. The highest BCUT2D eigenvalue weighted by Gasteiger charge is 2.14. The third-order valence-corrected chi connectivity index (χ3v) is 5.66. The maximum absolute atomic E-state index is 12.4. The molecule has 0 unspecified atom stereocenters. The predicted octanol–water partition coefficient (Wildman–Crippen LogP) is 4.18. The van der Waals surface area contributed by atoms with Crippen LogP contribution in [0.3, 0.4) is 0 Å². The first kappa shape index (κ1) is 27.0. The zero-order valence-corrected chi connectivity index (χ0v) is 21.9. The number of carbonyl (C=O) groups is 1. The zero-order chi connectivity index (χ0) is 27.6. The average molecular weight is 529 g/mol. The lowest BCUT2D eigenvalue weighted by Crippen LogP contribution is -2.20. The standard InChI is InChI=1S/C27H28N8O4/c1-4-5-10-38-26(36)20-8-9-24(37-3)23(11-20)32-27-29-14-22(15-30-27)19-6-7-21(13-28)25(12-19)39-18(2)16-35-17-31-33-34-35/h6-9,11-12,14-15,17-18H,4-5,10,16H2,1-3H3,(H,29,30,32)/t18-/m0/s1. The number of nitrogens with zero attached hydrogens (tertiary/aromatic N) is 7. The second-order valence-electron chi connectivity index (χ2n) is 8.61. The zero-order valence-electron chi connectivity index (χ0n) is 21.9. The van der Waals surface area contributed by atoms with E-state index >= 15 is 0 Å². The molecule has 0 aliphatic rings. The van der Waals surface area contributed by atoms with Crippen LogP contribution in [0.1, 0.15) is 42.6 Å². The monoisotopic (exact) mass is 528 g/mol. The third kappa shape index (κ3) is 7.04. The van der Waals surface area contributed by atoms with Crippen molar-refractivity contribution in [3.63, 3.8) is 0 Å². The van der Waals surface area contributed by atoms with Crippen molar-refractivity contribution in [3.8, 4) is 28.7 Å². The number of anilines is 2. The van der Waals surface area contributed by atoms with E-state index in [0.29, 0.717) is 47.4 Å². The number of aromatic nitrogens is 6. The van der Waals surface area contributed by atoms with Crippen LogP contribution in [0, 0.1) is 11.3 Å². The summed E-state index contributed by atoms with van der Waals surface area (Å²) in [5.41, 5.74) is 2.83. The molecule has 0 spiro atoms. The number of methoxy groups -OCH3 is 1. The van der Waals surface area contributed by atoms with Crippen LogP contribution >= 0.6 is 0 Å². The molecule has 0 saturated heterocycles. The Kier molecular flexibility index (Phi) is 8.97. The molecule has 0 amide bonds. The van der Waals surface area contributed by atoms with Gasteiger partial charge in [-0.25, -0.2) is 19.4 Å². The number of esters is 1. The number of nitriles is 1. The van der Waals surface area contributed by atoms with Gasteiger partial charge < -0.3 is 19.5 Å². The molecule has 12 nitrogen and oxygen atoms in total. The number of unbranched alkanes of at least 4 members (excludes halogenated alkanes) is 1. The topological polar surface area (TPSA) is 150 Å². The van der Waals surface area contributed by atoms with E-state index in [-0.39, 0.29) is 6.10 Å². The van der Waals surface area contributed by atoms with Gasteiger partial charge in [0.2, 0.25) is 5.95 Å². The van der Waals surface area contributed by atoms with Crippen LogP contribution in [-0.4, -0.2) is 56.0 Å². The number of hydrogen-bond acceptors (Lipinski definition) is 11. The van der Waals surface area contributed by atoms with Gasteiger partial charge in [-0.3, -0.25) is 0 Å². The van der Waals surface area contributed by atoms with Gasteiger partial charge >= 0.3 is 5.97 Å². The van der Waals surface area contributed by atoms with Gasteiger partial charge in [-0.1, -0.05) is 19.4 Å². The van der Waals surface area contributed by atoms with E-state index < -0.39 is 5.97 Å². The Labute approximate surface area is 225 Å². The van der Waals surface area contributed by atoms with Crippen molar-refractivity contribution in [2.45, 2.75) is 39.3 Å². The van der Waals surface area contributed by atoms with Crippen LogP contribution in [0.5, 0.6) is 11.5 Å².